The molecule has 144 valence electrons. The summed E-state index contributed by atoms with van der Waals surface area (Å²) >= 11 is 0. The fraction of sp³-hybridized carbons (Fsp3) is 0.550. The standard InChI is InChI=1S/C20H29NO5/c1-13-9-10-16(12-14(13)2)18(23)15(3)25-17(22)8-7-11-21-19(24)26-20(4,5)6/h9-10,12,15H,7-8,11H2,1-6H3,(H,21,24)/t15-/m1/s1. The van der Waals surface area contributed by atoms with Gasteiger partial charge in [-0.15, -0.1) is 0 Å². The van der Waals surface area contributed by atoms with Crippen LogP contribution in [0.4, 0.5) is 4.79 Å². The zero-order valence-electron chi connectivity index (χ0n) is 16.5. The summed E-state index contributed by atoms with van der Waals surface area (Å²) in [7, 11) is 0. The largest absolute Gasteiger partial charge is 0.454 e. The van der Waals surface area contributed by atoms with Crippen molar-refractivity contribution in [1.29, 1.82) is 0 Å². The number of ketones is 1. The predicted molar refractivity (Wildman–Crippen MR) is 99.3 cm³/mol. The zero-order valence-corrected chi connectivity index (χ0v) is 16.5. The minimum absolute atomic E-state index is 0.111. The topological polar surface area (TPSA) is 81.7 Å². The van der Waals surface area contributed by atoms with E-state index in [-0.39, 0.29) is 12.2 Å². The minimum atomic E-state index is -0.844. The first-order valence-electron chi connectivity index (χ1n) is 8.77. The Hall–Kier alpha value is -2.37. The van der Waals surface area contributed by atoms with E-state index in [1.165, 1.54) is 0 Å². The average molecular weight is 363 g/mol. The number of Topliss-reactive ketones (excluding diaryl/α,β-unsaturated/α-hetero) is 1. The number of hydrogen-bond acceptors (Lipinski definition) is 5. The molecule has 6 nitrogen and oxygen atoms in total. The number of alkyl carbamates (subject to hydrolysis) is 1. The monoisotopic (exact) mass is 363 g/mol. The minimum Gasteiger partial charge on any atom is -0.454 e. The number of ether oxygens (including phenoxy) is 2. The Morgan fingerprint density at radius 1 is 1.12 bits per heavy atom. The van der Waals surface area contributed by atoms with Crippen molar-refractivity contribution in [1.82, 2.24) is 5.32 Å². The number of carbonyl (C=O) groups excluding carboxylic acids is 3. The molecule has 0 saturated carbocycles. The lowest BCUT2D eigenvalue weighted by Gasteiger charge is -2.19. The first-order valence-corrected chi connectivity index (χ1v) is 8.77. The molecule has 1 N–H and O–H groups in total. The van der Waals surface area contributed by atoms with Crippen molar-refractivity contribution in [3.63, 3.8) is 0 Å². The van der Waals surface area contributed by atoms with Gasteiger partial charge in [0, 0.05) is 18.5 Å². The maximum atomic E-state index is 12.3. The van der Waals surface area contributed by atoms with Crippen molar-refractivity contribution in [2.45, 2.75) is 66.1 Å². The molecule has 1 rings (SSSR count). The third-order valence-electron chi connectivity index (χ3n) is 3.69. The van der Waals surface area contributed by atoms with Gasteiger partial charge in [-0.1, -0.05) is 12.1 Å². The fourth-order valence-corrected chi connectivity index (χ4v) is 2.18. The van der Waals surface area contributed by atoms with Gasteiger partial charge < -0.3 is 14.8 Å². The smallest absolute Gasteiger partial charge is 0.407 e. The number of esters is 1. The summed E-state index contributed by atoms with van der Waals surface area (Å²) in [5.74, 6) is -0.700. The van der Waals surface area contributed by atoms with E-state index in [1.54, 1.807) is 39.8 Å². The molecule has 1 aromatic rings. The van der Waals surface area contributed by atoms with Gasteiger partial charge in [0.25, 0.3) is 0 Å². The lowest BCUT2D eigenvalue weighted by atomic mass is 10.0. The van der Waals surface area contributed by atoms with E-state index in [0.29, 0.717) is 18.5 Å². The van der Waals surface area contributed by atoms with Crippen LogP contribution in [0.3, 0.4) is 0 Å². The Morgan fingerprint density at radius 3 is 2.35 bits per heavy atom. The highest BCUT2D eigenvalue weighted by atomic mass is 16.6. The molecule has 6 heteroatoms. The third kappa shape index (κ3) is 7.68. The van der Waals surface area contributed by atoms with Crippen LogP contribution in [-0.4, -0.2) is 36.1 Å². The Kier molecular flexibility index (Phi) is 7.80. The SMILES string of the molecule is Cc1ccc(C(=O)[C@@H](C)OC(=O)CCCNC(=O)OC(C)(C)C)cc1C. The van der Waals surface area contributed by atoms with E-state index in [9.17, 15) is 14.4 Å². The van der Waals surface area contributed by atoms with Crippen LogP contribution in [0.25, 0.3) is 0 Å². The van der Waals surface area contributed by atoms with E-state index in [1.807, 2.05) is 19.9 Å². The molecule has 1 amide bonds. The summed E-state index contributed by atoms with van der Waals surface area (Å²) < 4.78 is 10.3. The van der Waals surface area contributed by atoms with Crippen molar-refractivity contribution >= 4 is 17.8 Å². The number of benzene rings is 1. The molecule has 0 aliphatic carbocycles. The normalized spacial score (nSPS) is 12.2. The van der Waals surface area contributed by atoms with Crippen molar-refractivity contribution < 1.29 is 23.9 Å². The van der Waals surface area contributed by atoms with Crippen molar-refractivity contribution in [3.05, 3.63) is 34.9 Å². The second-order valence-corrected chi connectivity index (χ2v) is 7.33. The Bertz CT molecular complexity index is 661. The van der Waals surface area contributed by atoms with Crippen LogP contribution >= 0.6 is 0 Å². The van der Waals surface area contributed by atoms with Gasteiger partial charge in [0.15, 0.2) is 6.10 Å². The summed E-state index contributed by atoms with van der Waals surface area (Å²) in [6.07, 6.45) is -0.851. The molecule has 0 aliphatic rings. The number of carbonyl (C=O) groups is 3. The number of hydrogen-bond donors (Lipinski definition) is 1. The van der Waals surface area contributed by atoms with Crippen LogP contribution in [0.1, 0.15) is 62.0 Å². The molecular formula is C20H29NO5. The fourth-order valence-electron chi connectivity index (χ4n) is 2.18. The quantitative estimate of drug-likeness (QED) is 0.453. The van der Waals surface area contributed by atoms with Crippen molar-refractivity contribution in [2.24, 2.45) is 0 Å². The average Bonchev–Trinajstić information content (AvgIpc) is 2.51. The first kappa shape index (κ1) is 21.7. The molecule has 0 bridgehead atoms. The molecule has 1 aromatic carbocycles. The number of nitrogens with one attached hydrogen (secondary N) is 1. The highest BCUT2D eigenvalue weighted by Crippen LogP contribution is 2.13. The predicted octanol–water partition coefficient (Wildman–Crippen LogP) is 3.72. The van der Waals surface area contributed by atoms with E-state index in [2.05, 4.69) is 5.32 Å². The van der Waals surface area contributed by atoms with E-state index >= 15 is 0 Å². The molecule has 0 fully saturated rings. The molecular weight excluding hydrogens is 334 g/mol. The summed E-state index contributed by atoms with van der Waals surface area (Å²) in [4.78, 5) is 35.7. The highest BCUT2D eigenvalue weighted by molar-refractivity contribution is 6.00. The van der Waals surface area contributed by atoms with Crippen LogP contribution in [0.2, 0.25) is 0 Å². The Morgan fingerprint density at radius 2 is 1.77 bits per heavy atom. The Labute approximate surface area is 155 Å². The van der Waals surface area contributed by atoms with Crippen LogP contribution in [0.15, 0.2) is 18.2 Å². The molecule has 0 heterocycles. The molecule has 26 heavy (non-hydrogen) atoms. The molecule has 1 atom stereocenters. The first-order chi connectivity index (χ1) is 12.0. The van der Waals surface area contributed by atoms with Gasteiger partial charge in [-0.05, 0) is 65.2 Å². The second-order valence-electron chi connectivity index (χ2n) is 7.33. The maximum absolute atomic E-state index is 12.3. The van der Waals surface area contributed by atoms with E-state index in [4.69, 9.17) is 9.47 Å². The molecule has 0 aliphatic heterocycles. The van der Waals surface area contributed by atoms with Gasteiger partial charge in [0.1, 0.15) is 5.60 Å². The molecule has 0 radical (unpaired) electrons. The highest BCUT2D eigenvalue weighted by Gasteiger charge is 2.20. The number of amides is 1. The molecule has 0 saturated heterocycles. The van der Waals surface area contributed by atoms with Crippen LogP contribution in [-0.2, 0) is 14.3 Å². The van der Waals surface area contributed by atoms with Gasteiger partial charge in [-0.2, -0.15) is 0 Å². The second kappa shape index (κ2) is 9.36. The van der Waals surface area contributed by atoms with E-state index in [0.717, 1.165) is 11.1 Å². The van der Waals surface area contributed by atoms with Crippen LogP contribution < -0.4 is 5.32 Å². The lowest BCUT2D eigenvalue weighted by Crippen LogP contribution is -2.33. The summed E-state index contributed by atoms with van der Waals surface area (Å²) in [5, 5.41) is 2.57. The Balaban J connectivity index is 2.37. The maximum Gasteiger partial charge on any atom is 0.407 e. The lowest BCUT2D eigenvalue weighted by molar-refractivity contribution is -0.146. The number of rotatable bonds is 7. The third-order valence-corrected chi connectivity index (χ3v) is 3.69. The molecule has 0 spiro atoms. The summed E-state index contributed by atoms with van der Waals surface area (Å²) in [6.45, 7) is 11.1. The van der Waals surface area contributed by atoms with Crippen molar-refractivity contribution in [3.8, 4) is 0 Å². The van der Waals surface area contributed by atoms with Crippen molar-refractivity contribution in [2.75, 3.05) is 6.54 Å². The van der Waals surface area contributed by atoms with E-state index < -0.39 is 23.8 Å². The van der Waals surface area contributed by atoms with Crippen LogP contribution in [0.5, 0.6) is 0 Å². The van der Waals surface area contributed by atoms with Gasteiger partial charge in [-0.3, -0.25) is 9.59 Å². The molecule has 0 unspecified atom stereocenters. The molecule has 0 aromatic heterocycles. The summed E-state index contributed by atoms with van der Waals surface area (Å²) in [6, 6.07) is 5.41. The van der Waals surface area contributed by atoms with Gasteiger partial charge in [0.2, 0.25) is 5.78 Å². The van der Waals surface area contributed by atoms with Crippen LogP contribution in [0, 0.1) is 13.8 Å². The van der Waals surface area contributed by atoms with Gasteiger partial charge in [0.05, 0.1) is 0 Å². The number of aryl methyl sites for hydroxylation is 2. The van der Waals surface area contributed by atoms with Gasteiger partial charge >= 0.3 is 12.1 Å². The van der Waals surface area contributed by atoms with Gasteiger partial charge in [-0.25, -0.2) is 4.79 Å². The summed E-state index contributed by atoms with van der Waals surface area (Å²) in [5.41, 5.74) is 2.08. The zero-order chi connectivity index (χ0) is 19.9.